The molecule has 0 amide bonds. The van der Waals surface area contributed by atoms with Gasteiger partial charge in [-0.1, -0.05) is 0 Å². The minimum atomic E-state index is -5.65. The number of rotatable bonds is 6. The van der Waals surface area contributed by atoms with Gasteiger partial charge in [0.2, 0.25) is 0 Å². The van der Waals surface area contributed by atoms with Gasteiger partial charge in [0.25, 0.3) is 0 Å². The van der Waals surface area contributed by atoms with Crippen LogP contribution in [0.4, 0.5) is 0 Å². The summed E-state index contributed by atoms with van der Waals surface area (Å²) < 4.78 is 19.6. The van der Waals surface area contributed by atoms with Gasteiger partial charge in [-0.3, -0.25) is 0 Å². The van der Waals surface area contributed by atoms with Gasteiger partial charge in [-0.05, 0) is 0 Å². The summed E-state index contributed by atoms with van der Waals surface area (Å²) in [5, 5.41) is 2.70. The van der Waals surface area contributed by atoms with Crippen LogP contribution in [0.5, 0.6) is 0 Å². The van der Waals surface area contributed by atoms with Crippen LogP contribution in [0.25, 0.3) is 16.8 Å². The maximum absolute atomic E-state index is 5.65. The fraction of sp³-hybridized carbons (Fsp3) is 0.467. The standard InChI is InChI=1S/C18H19.C5H5.7CH3.Hf/c1-2-3-4-7-14-10-11-17-12-15-8-5-6-9-16(15)13-18(14)17;1-2-4-5-3-1;;;;;;;;/h5-6,8-13H,2-4,7H2,1H3;1-5H;7*1H3;. The number of hydrogen-bond acceptors (Lipinski definition) is 0. The molecule has 1 atom stereocenters. The molecule has 0 radical (unpaired) electrons. The number of hydrogen-bond donors (Lipinski definition) is 0. The SMILES string of the molecule is CCCCC[C]1([Hf]([CH3])([CH3])([CH3])([CH3])([CH3])([CH3])([CH3])[CH]2C=CC=C2)C=Cc2cc3ccccc3cc21. The molecule has 0 N–H and O–H groups in total. The van der Waals surface area contributed by atoms with E-state index in [1.807, 2.05) is 0 Å². The summed E-state index contributed by atoms with van der Waals surface area (Å²) in [6.07, 6.45) is 19.7. The van der Waals surface area contributed by atoms with Gasteiger partial charge >= 0.3 is 180 Å². The van der Waals surface area contributed by atoms with E-state index in [0.717, 1.165) is 0 Å². The van der Waals surface area contributed by atoms with Crippen molar-refractivity contribution < 1.29 is 12.6 Å². The average molecular weight is 584 g/mol. The summed E-state index contributed by atoms with van der Waals surface area (Å²) in [5.74, 6) is 0. The fourth-order valence-corrected chi connectivity index (χ4v) is 41.4. The van der Waals surface area contributed by atoms with Gasteiger partial charge in [0.15, 0.2) is 0 Å². The summed E-state index contributed by atoms with van der Waals surface area (Å²) in [5.41, 5.74) is 2.97. The molecule has 0 saturated heterocycles. The van der Waals surface area contributed by atoms with E-state index in [4.69, 9.17) is 0 Å². The van der Waals surface area contributed by atoms with E-state index in [-0.39, 0.29) is 3.17 Å². The number of fused-ring (bicyclic) bond motifs is 2. The van der Waals surface area contributed by atoms with Gasteiger partial charge in [0, 0.05) is 0 Å². The second kappa shape index (κ2) is 4.31. The summed E-state index contributed by atoms with van der Waals surface area (Å²) in [6.45, 7) is 2.32. The zero-order chi connectivity index (χ0) is 23.0. The first-order chi connectivity index (χ1) is 13.7. The monoisotopic (exact) mass is 585 g/mol. The molecule has 0 spiro atoms. The van der Waals surface area contributed by atoms with Crippen LogP contribution in [-0.2, 0) is 15.8 Å². The molecule has 2 aromatic rings. The van der Waals surface area contributed by atoms with Crippen LogP contribution < -0.4 is 0 Å². The maximum atomic E-state index is 2.74. The predicted molar refractivity (Wildman–Crippen MR) is 142 cm³/mol. The molecule has 0 aromatic heterocycles. The van der Waals surface area contributed by atoms with Crippen molar-refractivity contribution in [3.63, 3.8) is 0 Å². The summed E-state index contributed by atoms with van der Waals surface area (Å²) in [6, 6.07) is 13.8. The molecule has 0 heterocycles. The Kier molecular flexibility index (Phi) is 3.20. The van der Waals surface area contributed by atoms with E-state index in [9.17, 15) is 0 Å². The van der Waals surface area contributed by atoms with Crippen LogP contribution in [0.2, 0.25) is 36.4 Å². The van der Waals surface area contributed by atoms with Gasteiger partial charge in [-0.25, -0.2) is 0 Å². The Hall–Kier alpha value is -1.21. The van der Waals surface area contributed by atoms with Crippen LogP contribution in [-0.4, -0.2) is 0 Å². The Morgan fingerprint density at radius 3 is 1.97 bits per heavy atom. The van der Waals surface area contributed by atoms with Crippen molar-refractivity contribution in [1.82, 2.24) is 0 Å². The quantitative estimate of drug-likeness (QED) is 0.234. The second-order valence-electron chi connectivity index (χ2n) is 21.3. The van der Waals surface area contributed by atoms with E-state index in [0.29, 0.717) is 3.67 Å². The summed E-state index contributed by atoms with van der Waals surface area (Å²) in [4.78, 5) is 0. The minimum absolute atomic E-state index is 0.0419. The van der Waals surface area contributed by atoms with Crippen molar-refractivity contribution in [2.45, 2.75) is 72.2 Å². The fourth-order valence-electron chi connectivity index (χ4n) is 7.75. The van der Waals surface area contributed by atoms with Crippen LogP contribution in [0.1, 0.15) is 43.7 Å². The number of benzene rings is 2. The Morgan fingerprint density at radius 2 is 1.39 bits per heavy atom. The molecule has 1 heteroatoms. The van der Waals surface area contributed by atoms with E-state index < -0.39 is 12.6 Å². The molecule has 0 nitrogen and oxygen atoms in total. The molecule has 169 valence electrons. The van der Waals surface area contributed by atoms with Crippen molar-refractivity contribution in [3.05, 3.63) is 77.9 Å². The molecule has 0 fully saturated rings. The van der Waals surface area contributed by atoms with Crippen molar-refractivity contribution in [2.24, 2.45) is 0 Å². The molecular formula is C30H45Hf. The molecule has 0 bridgehead atoms. The first kappa shape index (κ1) is 23.0. The molecule has 0 saturated carbocycles. The molecule has 4 rings (SSSR count). The topological polar surface area (TPSA) is 0 Å². The van der Waals surface area contributed by atoms with Crippen molar-refractivity contribution in [2.75, 3.05) is 0 Å². The van der Waals surface area contributed by atoms with Gasteiger partial charge < -0.3 is 0 Å². The van der Waals surface area contributed by atoms with Gasteiger partial charge in [-0.2, -0.15) is 0 Å². The van der Waals surface area contributed by atoms with Crippen LogP contribution >= 0.6 is 0 Å². The first-order valence-corrected chi connectivity index (χ1v) is 41.7. The summed E-state index contributed by atoms with van der Waals surface area (Å²) in [7, 11) is 0. The first-order valence-electron chi connectivity index (χ1n) is 12.7. The third-order valence-electron chi connectivity index (χ3n) is 10.7. The summed E-state index contributed by atoms with van der Waals surface area (Å²) >= 11 is -5.65. The number of unbranched alkanes of at least 4 members (excludes halogenated alkanes) is 2. The molecule has 2 aromatic carbocycles. The molecule has 2 aliphatic rings. The molecule has 2 aliphatic carbocycles. The zero-order valence-corrected chi connectivity index (χ0v) is 24.9. The Balaban J connectivity index is 2.20. The van der Waals surface area contributed by atoms with Crippen molar-refractivity contribution >= 4 is 16.8 Å². The van der Waals surface area contributed by atoms with E-state index in [2.05, 4.69) is 113 Å². The van der Waals surface area contributed by atoms with E-state index in [1.165, 1.54) is 42.0 Å². The third kappa shape index (κ3) is 2.74. The third-order valence-corrected chi connectivity index (χ3v) is 56.8. The molecular weight excluding hydrogens is 539 g/mol. The van der Waals surface area contributed by atoms with Crippen LogP contribution in [0, 0.1) is 0 Å². The molecule has 0 aliphatic heterocycles. The number of allylic oxidation sites excluding steroid dienone is 5. The van der Waals surface area contributed by atoms with Crippen LogP contribution in [0.15, 0.2) is 66.8 Å². The van der Waals surface area contributed by atoms with Crippen molar-refractivity contribution in [3.8, 4) is 0 Å². The van der Waals surface area contributed by atoms with E-state index >= 15 is 0 Å². The normalized spacial score (nSPS) is 27.7. The molecule has 31 heavy (non-hydrogen) atoms. The van der Waals surface area contributed by atoms with E-state index in [1.54, 1.807) is 5.56 Å². The second-order valence-corrected chi connectivity index (χ2v) is 130. The van der Waals surface area contributed by atoms with Crippen molar-refractivity contribution in [1.29, 1.82) is 0 Å². The Labute approximate surface area is 178 Å². The average Bonchev–Trinajstić information content (AvgIpc) is 3.29. The van der Waals surface area contributed by atoms with Crippen LogP contribution in [0.3, 0.4) is 0 Å². The zero-order valence-electron chi connectivity index (χ0n) is 21.3. The van der Waals surface area contributed by atoms with Gasteiger partial charge in [0.1, 0.15) is 0 Å². The Morgan fingerprint density at radius 1 is 0.806 bits per heavy atom. The Bertz CT molecular complexity index is 1240. The molecule has 1 unspecified atom stereocenters. The van der Waals surface area contributed by atoms with Gasteiger partial charge in [0.05, 0.1) is 0 Å². The predicted octanol–water partition coefficient (Wildman–Crippen LogP) is 10.7. The van der Waals surface area contributed by atoms with Gasteiger partial charge in [-0.15, -0.1) is 0 Å².